The molecule has 2 atom stereocenters. The van der Waals surface area contributed by atoms with Crippen LogP contribution in [0.2, 0.25) is 5.02 Å². The number of urea groups is 1. The third kappa shape index (κ3) is 6.18. The van der Waals surface area contributed by atoms with E-state index in [9.17, 15) is 27.6 Å². The number of anilines is 2. The van der Waals surface area contributed by atoms with Crippen molar-refractivity contribution in [3.63, 3.8) is 0 Å². The van der Waals surface area contributed by atoms with Crippen molar-refractivity contribution in [2.24, 2.45) is 14.1 Å². The second-order valence-corrected chi connectivity index (χ2v) is 14.9. The number of rotatable bonds is 6. The van der Waals surface area contributed by atoms with Crippen LogP contribution in [0.5, 0.6) is 5.88 Å². The summed E-state index contributed by atoms with van der Waals surface area (Å²) in [6.45, 7) is 4.06. The molecule has 3 N–H and O–H groups in total. The van der Waals surface area contributed by atoms with Crippen molar-refractivity contribution >= 4 is 40.0 Å². The molecule has 1 spiro atoms. The maximum absolute atomic E-state index is 14.0. The summed E-state index contributed by atoms with van der Waals surface area (Å²) in [4.78, 5) is 49.3. The number of amides is 2. The van der Waals surface area contributed by atoms with Crippen LogP contribution in [-0.4, -0.2) is 62.3 Å². The van der Waals surface area contributed by atoms with Gasteiger partial charge in [0.15, 0.2) is 0 Å². The lowest BCUT2D eigenvalue weighted by Crippen LogP contribution is -2.59. The van der Waals surface area contributed by atoms with Crippen LogP contribution in [0, 0.1) is 6.92 Å². The van der Waals surface area contributed by atoms with Gasteiger partial charge in [-0.1, -0.05) is 41.9 Å². The molecule has 0 radical (unpaired) electrons. The van der Waals surface area contributed by atoms with E-state index in [-0.39, 0.29) is 34.3 Å². The number of nitrogens with zero attached hydrogens (tertiary/aromatic N) is 5. The molecule has 2 fully saturated rings. The highest BCUT2D eigenvalue weighted by Gasteiger charge is 2.45. The number of hydrogen-bond donors (Lipinski definition) is 3. The molecule has 8 rings (SSSR count). The molecule has 2 saturated heterocycles. The molecule has 16 heteroatoms. The van der Waals surface area contributed by atoms with Crippen molar-refractivity contribution in [2.45, 2.75) is 50.4 Å². The number of aromatic nitrogens is 4. The molecule has 0 saturated carbocycles. The van der Waals surface area contributed by atoms with Crippen LogP contribution in [0.4, 0.5) is 29.5 Å². The fourth-order valence-corrected chi connectivity index (χ4v) is 8.76. The van der Waals surface area contributed by atoms with E-state index in [4.69, 9.17) is 21.3 Å². The molecular formula is C39H38ClF3N8O4. The van der Waals surface area contributed by atoms with Gasteiger partial charge in [0.05, 0.1) is 28.9 Å². The van der Waals surface area contributed by atoms with Gasteiger partial charge >= 0.3 is 17.9 Å². The minimum Gasteiger partial charge on any atom is -0.481 e. The quantitative estimate of drug-likeness (QED) is 0.185. The number of ether oxygens (including phenoxy) is 1. The molecule has 2 aromatic carbocycles. The largest absolute Gasteiger partial charge is 0.481 e. The molecule has 5 aromatic rings. The van der Waals surface area contributed by atoms with E-state index in [0.29, 0.717) is 57.1 Å². The first-order valence-corrected chi connectivity index (χ1v) is 18.3. The molecule has 5 heterocycles. The molecule has 2 amide bonds. The smallest absolute Gasteiger partial charge is 0.433 e. The standard InChI is InChI=1S/C39H38ClF3N8O4/c1-20-22(7-6-10-25(20)45-33-31-28(18-29(47-33)39(41,42)43)49(2)37(54)50(3)35(31)52)23-8-5-9-24(32(23)40)26-17-21-11-12-27(30(21)34(46-26)55-4)51-16-14-38(19-51)13-15-44-36(53)48-38/h5-10,17-18,27H,11-16,19H2,1-4H3,(H,45,47)(H2,44,48,53)/t27?,38-/m0/s1. The van der Waals surface area contributed by atoms with Crippen molar-refractivity contribution in [3.8, 4) is 28.3 Å². The summed E-state index contributed by atoms with van der Waals surface area (Å²) in [6.07, 6.45) is -1.37. The van der Waals surface area contributed by atoms with Crippen molar-refractivity contribution in [1.29, 1.82) is 0 Å². The van der Waals surface area contributed by atoms with Crippen molar-refractivity contribution < 1.29 is 22.7 Å². The highest BCUT2D eigenvalue weighted by atomic mass is 35.5. The van der Waals surface area contributed by atoms with Crippen LogP contribution < -0.4 is 31.9 Å². The molecule has 2 aliphatic heterocycles. The molecule has 12 nitrogen and oxygen atoms in total. The fraction of sp³-hybridized carbons (Fsp3) is 0.359. The van der Waals surface area contributed by atoms with Gasteiger partial charge in [0.2, 0.25) is 5.88 Å². The van der Waals surface area contributed by atoms with Gasteiger partial charge in [-0.2, -0.15) is 13.2 Å². The minimum atomic E-state index is -4.84. The predicted molar refractivity (Wildman–Crippen MR) is 203 cm³/mol. The molecule has 286 valence electrons. The lowest BCUT2D eigenvalue weighted by atomic mass is 9.93. The van der Waals surface area contributed by atoms with Crippen molar-refractivity contribution in [3.05, 3.63) is 96.8 Å². The number of halogens is 4. The number of carbonyl (C=O) groups excluding carboxylic acids is 1. The van der Waals surface area contributed by atoms with Crippen molar-refractivity contribution in [1.82, 2.24) is 34.6 Å². The summed E-state index contributed by atoms with van der Waals surface area (Å²) in [5.74, 6) is 0.192. The SMILES string of the molecule is COc1nc(-c2cccc(-c3cccc(Nc4nc(C(F)(F)F)cc5c4c(=O)n(C)c(=O)n5C)c3C)c2Cl)cc2c1C(N1CC[C@@]3(CCNC(=O)N3)C1)CC2. The zero-order chi connectivity index (χ0) is 39.0. The third-order valence-electron chi connectivity index (χ3n) is 11.3. The highest BCUT2D eigenvalue weighted by molar-refractivity contribution is 6.36. The zero-order valence-electron chi connectivity index (χ0n) is 30.5. The average molecular weight is 775 g/mol. The van der Waals surface area contributed by atoms with Gasteiger partial charge in [-0.05, 0) is 67.5 Å². The van der Waals surface area contributed by atoms with E-state index in [2.05, 4.69) is 31.9 Å². The van der Waals surface area contributed by atoms with E-state index in [0.717, 1.165) is 59.0 Å². The maximum Gasteiger partial charge on any atom is 0.433 e. The Labute approximate surface area is 318 Å². The predicted octanol–water partition coefficient (Wildman–Crippen LogP) is 6.23. The Bertz CT molecular complexity index is 2540. The summed E-state index contributed by atoms with van der Waals surface area (Å²) in [5, 5.41) is 9.25. The average Bonchev–Trinajstić information content (AvgIpc) is 3.77. The van der Waals surface area contributed by atoms with E-state index in [1.807, 2.05) is 24.3 Å². The Hall–Kier alpha value is -5.41. The van der Waals surface area contributed by atoms with Gasteiger partial charge in [-0.25, -0.2) is 19.6 Å². The van der Waals surface area contributed by atoms with Gasteiger partial charge in [0.1, 0.15) is 16.9 Å². The van der Waals surface area contributed by atoms with Gasteiger partial charge in [-0.15, -0.1) is 0 Å². The maximum atomic E-state index is 14.0. The highest BCUT2D eigenvalue weighted by Crippen LogP contribution is 2.47. The summed E-state index contributed by atoms with van der Waals surface area (Å²) in [6, 6.07) is 13.6. The Balaban J connectivity index is 1.15. The normalized spacial score (nSPS) is 19.8. The molecule has 1 aliphatic carbocycles. The second kappa shape index (κ2) is 13.4. The van der Waals surface area contributed by atoms with Crippen molar-refractivity contribution in [2.75, 3.05) is 32.1 Å². The number of fused-ring (bicyclic) bond motifs is 2. The zero-order valence-corrected chi connectivity index (χ0v) is 31.3. The second-order valence-electron chi connectivity index (χ2n) is 14.5. The number of nitrogens with one attached hydrogen (secondary N) is 3. The fourth-order valence-electron chi connectivity index (χ4n) is 8.43. The molecule has 0 bridgehead atoms. The van der Waals surface area contributed by atoms with E-state index in [1.165, 1.54) is 14.1 Å². The Kier molecular flexibility index (Phi) is 8.91. The first-order chi connectivity index (χ1) is 26.2. The topological polar surface area (TPSA) is 135 Å². The Morgan fingerprint density at radius 2 is 1.75 bits per heavy atom. The molecular weight excluding hydrogens is 737 g/mol. The Morgan fingerprint density at radius 1 is 1.00 bits per heavy atom. The summed E-state index contributed by atoms with van der Waals surface area (Å²) < 4.78 is 49.8. The third-order valence-corrected chi connectivity index (χ3v) is 11.7. The minimum absolute atomic E-state index is 0.103. The lowest BCUT2D eigenvalue weighted by Gasteiger charge is -2.36. The van der Waals surface area contributed by atoms with Crippen LogP contribution in [0.25, 0.3) is 33.3 Å². The van der Waals surface area contributed by atoms with Gasteiger partial charge in [0.25, 0.3) is 5.56 Å². The van der Waals surface area contributed by atoms with Gasteiger partial charge in [0, 0.05) is 62.1 Å². The summed E-state index contributed by atoms with van der Waals surface area (Å²) in [5.41, 5.74) is 2.61. The monoisotopic (exact) mass is 774 g/mol. The number of benzene rings is 2. The van der Waals surface area contributed by atoms with Gasteiger partial charge in [-0.3, -0.25) is 18.8 Å². The van der Waals surface area contributed by atoms with Gasteiger partial charge < -0.3 is 20.7 Å². The number of pyridine rings is 2. The van der Waals surface area contributed by atoms with Crippen LogP contribution in [0.1, 0.15) is 47.7 Å². The number of alkyl halides is 3. The van der Waals surface area contributed by atoms with Crippen LogP contribution in [-0.2, 0) is 26.7 Å². The molecule has 1 unspecified atom stereocenters. The molecule has 3 aromatic heterocycles. The molecule has 55 heavy (non-hydrogen) atoms. The van der Waals surface area contributed by atoms with Crippen LogP contribution in [0.3, 0.4) is 0 Å². The first-order valence-electron chi connectivity index (χ1n) is 17.9. The summed E-state index contributed by atoms with van der Waals surface area (Å²) >= 11 is 7.19. The van der Waals surface area contributed by atoms with E-state index >= 15 is 0 Å². The van der Waals surface area contributed by atoms with E-state index in [1.54, 1.807) is 26.2 Å². The lowest BCUT2D eigenvalue weighted by molar-refractivity contribution is -0.141. The van der Waals surface area contributed by atoms with Crippen LogP contribution in [0.15, 0.2) is 58.1 Å². The number of methoxy groups -OCH3 is 1. The summed E-state index contributed by atoms with van der Waals surface area (Å²) in [7, 11) is 4.17. The van der Waals surface area contributed by atoms with Crippen LogP contribution >= 0.6 is 11.6 Å². The number of hydrogen-bond acceptors (Lipinski definition) is 8. The number of likely N-dealkylation sites (tertiary alicyclic amines) is 1. The van der Waals surface area contributed by atoms with E-state index < -0.39 is 23.1 Å². The molecule has 3 aliphatic rings. The number of carbonyl (C=O) groups is 1. The number of aryl methyl sites for hydroxylation is 2. The first kappa shape index (κ1) is 36.6. The Morgan fingerprint density at radius 3 is 2.49 bits per heavy atom.